The van der Waals surface area contributed by atoms with E-state index in [1.807, 2.05) is 4.57 Å². The number of hydrogen-bond donors (Lipinski definition) is 1. The van der Waals surface area contributed by atoms with Gasteiger partial charge >= 0.3 is 0 Å². The molecule has 2 aliphatic rings. The number of carbonyl (C=O) groups is 1. The Kier molecular flexibility index (Phi) is 8.56. The molecular formula is C24H34FN5OS. The summed E-state index contributed by atoms with van der Waals surface area (Å²) in [5.41, 5.74) is 0.825. The van der Waals surface area contributed by atoms with Crippen molar-refractivity contribution in [2.24, 2.45) is 0 Å². The van der Waals surface area contributed by atoms with Gasteiger partial charge in [-0.1, -0.05) is 50.3 Å². The summed E-state index contributed by atoms with van der Waals surface area (Å²) < 4.78 is 15.5. The minimum absolute atomic E-state index is 0.0480. The van der Waals surface area contributed by atoms with Crippen LogP contribution in [0.4, 0.5) is 4.39 Å². The second kappa shape index (κ2) is 11.8. The van der Waals surface area contributed by atoms with E-state index in [0.29, 0.717) is 17.5 Å². The minimum atomic E-state index is -0.271. The Morgan fingerprint density at radius 2 is 1.62 bits per heavy atom. The van der Waals surface area contributed by atoms with Crippen LogP contribution in [0.5, 0.6) is 0 Å². The number of halogens is 1. The van der Waals surface area contributed by atoms with Gasteiger partial charge in [0.1, 0.15) is 5.82 Å². The van der Waals surface area contributed by atoms with Crippen molar-refractivity contribution in [3.05, 3.63) is 35.9 Å². The maximum Gasteiger partial charge on any atom is 0.230 e. The van der Waals surface area contributed by atoms with Crippen LogP contribution in [-0.4, -0.2) is 50.5 Å². The highest BCUT2D eigenvalue weighted by atomic mass is 32.2. The molecule has 1 saturated heterocycles. The van der Waals surface area contributed by atoms with E-state index in [2.05, 4.69) is 20.4 Å². The number of benzene rings is 1. The Bertz CT molecular complexity index is 858. The van der Waals surface area contributed by atoms with Crippen LogP contribution in [0.15, 0.2) is 29.4 Å². The van der Waals surface area contributed by atoms with Crippen molar-refractivity contribution in [3.63, 3.8) is 0 Å². The van der Waals surface area contributed by atoms with Gasteiger partial charge in [-0.25, -0.2) is 4.39 Å². The molecule has 1 aromatic carbocycles. The van der Waals surface area contributed by atoms with Gasteiger partial charge < -0.3 is 5.32 Å². The molecule has 2 fully saturated rings. The van der Waals surface area contributed by atoms with Crippen LogP contribution in [0.25, 0.3) is 5.69 Å². The molecule has 0 unspecified atom stereocenters. The zero-order chi connectivity index (χ0) is 22.2. The Labute approximate surface area is 194 Å². The van der Waals surface area contributed by atoms with E-state index in [0.717, 1.165) is 37.4 Å². The molecule has 0 bridgehead atoms. The standard InChI is InChI=1S/C24H34FN5OS/c25-19-11-13-21(14-12-19)30-22(17-29-15-7-4-8-16-29)27-28-24(30)32-18-23(31)26-20-9-5-2-1-3-6-10-20/h11-14,20H,1-10,15-18H2,(H,26,31). The summed E-state index contributed by atoms with van der Waals surface area (Å²) in [6, 6.07) is 6.69. The fourth-order valence-corrected chi connectivity index (χ4v) is 5.45. The highest BCUT2D eigenvalue weighted by Gasteiger charge is 2.20. The zero-order valence-corrected chi connectivity index (χ0v) is 19.6. The van der Waals surface area contributed by atoms with Crippen LogP contribution in [-0.2, 0) is 11.3 Å². The maximum atomic E-state index is 13.5. The quantitative estimate of drug-likeness (QED) is 0.608. The number of rotatable bonds is 7. The second-order valence-electron chi connectivity index (χ2n) is 8.95. The molecule has 2 aromatic rings. The lowest BCUT2D eigenvalue weighted by Gasteiger charge is -2.26. The van der Waals surface area contributed by atoms with Crippen molar-refractivity contribution in [1.29, 1.82) is 0 Å². The van der Waals surface area contributed by atoms with Gasteiger partial charge in [-0.3, -0.25) is 14.3 Å². The number of aromatic nitrogens is 3. The predicted molar refractivity (Wildman–Crippen MR) is 125 cm³/mol. The van der Waals surface area contributed by atoms with E-state index in [1.54, 1.807) is 12.1 Å². The van der Waals surface area contributed by atoms with Gasteiger partial charge in [0.15, 0.2) is 11.0 Å². The van der Waals surface area contributed by atoms with Crippen molar-refractivity contribution in [3.8, 4) is 5.69 Å². The van der Waals surface area contributed by atoms with Gasteiger partial charge in [-0.15, -0.1) is 10.2 Å². The van der Waals surface area contributed by atoms with Gasteiger partial charge in [0, 0.05) is 11.7 Å². The molecule has 1 aromatic heterocycles. The van der Waals surface area contributed by atoms with E-state index in [9.17, 15) is 9.18 Å². The Morgan fingerprint density at radius 1 is 0.969 bits per heavy atom. The third-order valence-electron chi connectivity index (χ3n) is 6.40. The van der Waals surface area contributed by atoms with E-state index in [-0.39, 0.29) is 17.8 Å². The lowest BCUT2D eigenvalue weighted by Crippen LogP contribution is -2.36. The topological polar surface area (TPSA) is 63.1 Å². The van der Waals surface area contributed by atoms with Gasteiger partial charge in [-0.2, -0.15) is 0 Å². The third-order valence-corrected chi connectivity index (χ3v) is 7.33. The molecule has 0 radical (unpaired) electrons. The number of carbonyl (C=O) groups excluding carboxylic acids is 1. The summed E-state index contributed by atoms with van der Waals surface area (Å²) in [7, 11) is 0. The summed E-state index contributed by atoms with van der Waals surface area (Å²) >= 11 is 1.40. The summed E-state index contributed by atoms with van der Waals surface area (Å²) in [4.78, 5) is 15.0. The van der Waals surface area contributed by atoms with Crippen molar-refractivity contribution >= 4 is 17.7 Å². The lowest BCUT2D eigenvalue weighted by molar-refractivity contribution is -0.119. The fourth-order valence-electron chi connectivity index (χ4n) is 4.66. The van der Waals surface area contributed by atoms with Gasteiger partial charge in [0.25, 0.3) is 0 Å². The first-order chi connectivity index (χ1) is 15.7. The Morgan fingerprint density at radius 3 is 2.34 bits per heavy atom. The number of amides is 1. The molecule has 174 valence electrons. The average molecular weight is 460 g/mol. The van der Waals surface area contributed by atoms with Gasteiger partial charge in [-0.05, 0) is 63.0 Å². The summed E-state index contributed by atoms with van der Waals surface area (Å²) in [5.74, 6) is 0.917. The normalized spacial score (nSPS) is 18.8. The van der Waals surface area contributed by atoms with E-state index in [1.165, 1.54) is 75.3 Å². The van der Waals surface area contributed by atoms with Crippen LogP contribution in [0.3, 0.4) is 0 Å². The Hall–Kier alpha value is -1.93. The van der Waals surface area contributed by atoms with Crippen LogP contribution in [0, 0.1) is 5.82 Å². The number of thioether (sulfide) groups is 1. The Balaban J connectivity index is 1.43. The van der Waals surface area contributed by atoms with E-state index >= 15 is 0 Å². The monoisotopic (exact) mass is 459 g/mol. The number of likely N-dealkylation sites (tertiary alicyclic amines) is 1. The lowest BCUT2D eigenvalue weighted by atomic mass is 9.97. The molecule has 1 saturated carbocycles. The van der Waals surface area contributed by atoms with Crippen molar-refractivity contribution < 1.29 is 9.18 Å². The molecule has 1 aliphatic heterocycles. The molecule has 8 heteroatoms. The molecule has 0 atom stereocenters. The average Bonchev–Trinajstić information content (AvgIpc) is 3.18. The smallest absolute Gasteiger partial charge is 0.230 e. The summed E-state index contributed by atoms with van der Waals surface area (Å²) in [6.07, 6.45) is 12.1. The molecule has 1 N–H and O–H groups in total. The highest BCUT2D eigenvalue weighted by Crippen LogP contribution is 2.24. The van der Waals surface area contributed by atoms with Crippen LogP contribution in [0.2, 0.25) is 0 Å². The largest absolute Gasteiger partial charge is 0.353 e. The third kappa shape index (κ3) is 6.54. The summed E-state index contributed by atoms with van der Waals surface area (Å²) in [6.45, 7) is 2.82. The first-order valence-corrected chi connectivity index (χ1v) is 13.0. The summed E-state index contributed by atoms with van der Waals surface area (Å²) in [5, 5.41) is 12.8. The molecule has 0 spiro atoms. The fraction of sp³-hybridized carbons (Fsp3) is 0.625. The van der Waals surface area contributed by atoms with Gasteiger partial charge in [0.2, 0.25) is 5.91 Å². The van der Waals surface area contributed by atoms with Gasteiger partial charge in [0.05, 0.1) is 12.3 Å². The van der Waals surface area contributed by atoms with E-state index in [4.69, 9.17) is 0 Å². The molecule has 1 aliphatic carbocycles. The van der Waals surface area contributed by atoms with E-state index < -0.39 is 0 Å². The number of hydrogen-bond acceptors (Lipinski definition) is 5. The number of nitrogens with zero attached hydrogens (tertiary/aromatic N) is 4. The molecule has 1 amide bonds. The van der Waals surface area contributed by atoms with Crippen molar-refractivity contribution in [2.45, 2.75) is 82.0 Å². The predicted octanol–water partition coefficient (Wildman–Crippen LogP) is 4.71. The first-order valence-electron chi connectivity index (χ1n) is 12.0. The van der Waals surface area contributed by atoms with Crippen molar-refractivity contribution in [2.75, 3.05) is 18.8 Å². The number of piperidine rings is 1. The minimum Gasteiger partial charge on any atom is -0.353 e. The number of nitrogens with one attached hydrogen (secondary N) is 1. The van der Waals surface area contributed by atoms with Crippen LogP contribution < -0.4 is 5.32 Å². The van der Waals surface area contributed by atoms with Crippen LogP contribution >= 0.6 is 11.8 Å². The molecule has 4 rings (SSSR count). The highest BCUT2D eigenvalue weighted by molar-refractivity contribution is 7.99. The maximum absolute atomic E-state index is 13.5. The zero-order valence-electron chi connectivity index (χ0n) is 18.8. The molecular weight excluding hydrogens is 425 g/mol. The van der Waals surface area contributed by atoms with Crippen molar-refractivity contribution in [1.82, 2.24) is 25.0 Å². The SMILES string of the molecule is O=C(CSc1nnc(CN2CCCCC2)n1-c1ccc(F)cc1)NC1CCCCCCC1. The molecule has 6 nitrogen and oxygen atoms in total. The second-order valence-corrected chi connectivity index (χ2v) is 9.89. The first kappa shape index (κ1) is 23.2. The molecule has 2 heterocycles. The molecule has 32 heavy (non-hydrogen) atoms. The van der Waals surface area contributed by atoms with Crippen LogP contribution in [0.1, 0.15) is 70.0 Å².